The van der Waals surface area contributed by atoms with Crippen molar-refractivity contribution < 1.29 is 14.2 Å². The topological polar surface area (TPSA) is 76.3 Å². The van der Waals surface area contributed by atoms with Crippen LogP contribution in [0.2, 0.25) is 0 Å². The van der Waals surface area contributed by atoms with Crippen molar-refractivity contribution in [2.45, 2.75) is 44.5 Å². The number of aryl methyl sites for hydroxylation is 1. The third-order valence-electron chi connectivity index (χ3n) is 6.91. The molecule has 4 atom stereocenters. The first kappa shape index (κ1) is 19.9. The maximum atomic E-state index is 15.2. The molecule has 1 saturated carbocycles. The SMILES string of the molecule is Cc1cn(-c2ccc(-c3ccc(OC4C(F)[C@]5(C)CC[C@H]4CN5C)nn3)c(O)c2)cn1. The van der Waals surface area contributed by atoms with Crippen LogP contribution in [0, 0.1) is 12.8 Å². The van der Waals surface area contributed by atoms with Gasteiger partial charge in [-0.3, -0.25) is 4.90 Å². The maximum absolute atomic E-state index is 15.2. The van der Waals surface area contributed by atoms with Gasteiger partial charge in [-0.15, -0.1) is 10.2 Å². The number of imidazole rings is 1. The standard InChI is InChI=1S/C23H26FN5O2/c1-14-11-29(13-25-14)16-4-5-17(19(30)10-16)18-6-7-20(27-26-18)31-21-15-8-9-23(2,22(21)24)28(3)12-15/h4-7,10-11,13,15,21-22,30H,8-9,12H2,1-3H3/t15-,21?,22?,23-/m0/s1. The molecule has 162 valence electrons. The van der Waals surface area contributed by atoms with E-state index in [1.54, 1.807) is 30.6 Å². The van der Waals surface area contributed by atoms with Crippen molar-refractivity contribution in [1.29, 1.82) is 0 Å². The number of halogens is 1. The van der Waals surface area contributed by atoms with Crippen LogP contribution in [-0.2, 0) is 0 Å². The lowest BCUT2D eigenvalue weighted by Crippen LogP contribution is -2.68. The van der Waals surface area contributed by atoms with E-state index in [4.69, 9.17) is 4.74 Å². The first-order valence-corrected chi connectivity index (χ1v) is 10.6. The second-order valence-electron chi connectivity index (χ2n) is 8.90. The molecule has 8 heteroatoms. The van der Waals surface area contributed by atoms with Crippen LogP contribution in [0.15, 0.2) is 42.9 Å². The minimum Gasteiger partial charge on any atom is -0.507 e. The van der Waals surface area contributed by atoms with E-state index < -0.39 is 17.8 Å². The fraction of sp³-hybridized carbons (Fsp3) is 0.435. The number of phenolic OH excluding ortho intramolecular Hbond substituents is 1. The molecule has 3 fully saturated rings. The normalized spacial score (nSPS) is 28.1. The van der Waals surface area contributed by atoms with Crippen LogP contribution in [0.3, 0.4) is 0 Å². The molecule has 31 heavy (non-hydrogen) atoms. The molecular weight excluding hydrogens is 397 g/mol. The highest BCUT2D eigenvalue weighted by Gasteiger charge is 2.55. The zero-order chi connectivity index (χ0) is 21.8. The minimum atomic E-state index is -1.07. The van der Waals surface area contributed by atoms with Crippen LogP contribution in [0.4, 0.5) is 4.39 Å². The Hall–Kier alpha value is -3.00. The molecule has 0 amide bonds. The highest BCUT2D eigenvalue weighted by molar-refractivity contribution is 5.68. The van der Waals surface area contributed by atoms with Gasteiger partial charge in [0.15, 0.2) is 6.17 Å². The number of alkyl halides is 1. The number of benzene rings is 1. The van der Waals surface area contributed by atoms with Crippen LogP contribution in [0.1, 0.15) is 25.5 Å². The lowest BCUT2D eigenvalue weighted by molar-refractivity contribution is -0.136. The quantitative estimate of drug-likeness (QED) is 0.692. The summed E-state index contributed by atoms with van der Waals surface area (Å²) in [5.74, 6) is 0.545. The summed E-state index contributed by atoms with van der Waals surface area (Å²) in [6.45, 7) is 4.70. The number of piperidine rings is 2. The molecule has 2 saturated heterocycles. The lowest BCUT2D eigenvalue weighted by Gasteiger charge is -2.56. The number of hydrogen-bond acceptors (Lipinski definition) is 6. The van der Waals surface area contributed by atoms with Gasteiger partial charge in [-0.2, -0.15) is 0 Å². The Morgan fingerprint density at radius 2 is 2.06 bits per heavy atom. The van der Waals surface area contributed by atoms with E-state index in [1.165, 1.54) is 0 Å². The third kappa shape index (κ3) is 3.35. The molecule has 3 aliphatic rings. The van der Waals surface area contributed by atoms with Gasteiger partial charge in [0.2, 0.25) is 5.88 Å². The van der Waals surface area contributed by atoms with E-state index in [0.717, 1.165) is 30.8 Å². The third-order valence-corrected chi connectivity index (χ3v) is 6.91. The van der Waals surface area contributed by atoms with Crippen molar-refractivity contribution >= 4 is 0 Å². The van der Waals surface area contributed by atoms with E-state index >= 15 is 4.39 Å². The Labute approximate surface area is 180 Å². The van der Waals surface area contributed by atoms with E-state index in [0.29, 0.717) is 17.1 Å². The van der Waals surface area contributed by atoms with E-state index in [2.05, 4.69) is 20.1 Å². The molecule has 4 heterocycles. The zero-order valence-electron chi connectivity index (χ0n) is 17.9. The maximum Gasteiger partial charge on any atom is 0.233 e. The van der Waals surface area contributed by atoms with E-state index in [-0.39, 0.29) is 11.7 Å². The zero-order valence-corrected chi connectivity index (χ0v) is 17.9. The van der Waals surface area contributed by atoms with Crippen LogP contribution in [-0.4, -0.2) is 61.2 Å². The number of hydrogen-bond donors (Lipinski definition) is 1. The van der Waals surface area contributed by atoms with Gasteiger partial charge in [-0.1, -0.05) is 0 Å². The lowest BCUT2D eigenvalue weighted by atomic mass is 9.68. The summed E-state index contributed by atoms with van der Waals surface area (Å²) in [6, 6.07) is 8.76. The number of phenols is 1. The Morgan fingerprint density at radius 1 is 1.23 bits per heavy atom. The molecular formula is C23H26FN5O2. The van der Waals surface area contributed by atoms with E-state index in [1.807, 2.05) is 37.7 Å². The number of aromatic nitrogens is 4. The molecule has 0 spiro atoms. The molecule has 2 aromatic heterocycles. The second kappa shape index (κ2) is 7.30. The Morgan fingerprint density at radius 3 is 2.71 bits per heavy atom. The molecule has 1 N–H and O–H groups in total. The van der Waals surface area contributed by atoms with Crippen molar-refractivity contribution in [3.63, 3.8) is 0 Å². The van der Waals surface area contributed by atoms with Crippen molar-refractivity contribution in [2.24, 2.45) is 5.92 Å². The summed E-state index contributed by atoms with van der Waals surface area (Å²) < 4.78 is 23.0. The van der Waals surface area contributed by atoms with Gasteiger partial charge in [0.25, 0.3) is 0 Å². The first-order valence-electron chi connectivity index (χ1n) is 10.6. The highest BCUT2D eigenvalue weighted by atomic mass is 19.1. The van der Waals surface area contributed by atoms with Crippen molar-refractivity contribution in [3.8, 4) is 28.6 Å². The smallest absolute Gasteiger partial charge is 0.233 e. The van der Waals surface area contributed by atoms with Crippen LogP contribution in [0.25, 0.3) is 16.9 Å². The van der Waals surface area contributed by atoms with Crippen LogP contribution < -0.4 is 4.74 Å². The van der Waals surface area contributed by atoms with Gasteiger partial charge in [0, 0.05) is 36.4 Å². The predicted molar refractivity (Wildman–Crippen MR) is 114 cm³/mol. The molecule has 2 aliphatic heterocycles. The minimum absolute atomic E-state index is 0.0937. The summed E-state index contributed by atoms with van der Waals surface area (Å²) >= 11 is 0. The summed E-state index contributed by atoms with van der Waals surface area (Å²) in [5.41, 5.74) is 2.29. The second-order valence-corrected chi connectivity index (χ2v) is 8.90. The van der Waals surface area contributed by atoms with Gasteiger partial charge < -0.3 is 14.4 Å². The fourth-order valence-electron chi connectivity index (χ4n) is 4.81. The number of ether oxygens (including phenoxy) is 1. The van der Waals surface area contributed by atoms with Crippen molar-refractivity contribution in [2.75, 3.05) is 13.6 Å². The van der Waals surface area contributed by atoms with Crippen molar-refractivity contribution in [3.05, 3.63) is 48.5 Å². The first-order chi connectivity index (χ1) is 14.8. The molecule has 3 aromatic rings. The molecule has 2 unspecified atom stereocenters. The number of nitrogens with zero attached hydrogens (tertiary/aromatic N) is 5. The Bertz CT molecular complexity index is 1100. The average Bonchev–Trinajstić information content (AvgIpc) is 3.19. The molecule has 6 rings (SSSR count). The average molecular weight is 423 g/mol. The number of rotatable bonds is 4. The number of fused-ring (bicyclic) bond motifs is 3. The summed E-state index contributed by atoms with van der Waals surface area (Å²) in [6.07, 6.45) is 3.79. The van der Waals surface area contributed by atoms with Gasteiger partial charge in [0.05, 0.1) is 28.9 Å². The molecule has 1 aliphatic carbocycles. The Balaban J connectivity index is 1.34. The molecule has 0 radical (unpaired) electrons. The predicted octanol–water partition coefficient (Wildman–Crippen LogP) is 3.54. The summed E-state index contributed by atoms with van der Waals surface area (Å²) in [7, 11) is 1.98. The highest BCUT2D eigenvalue weighted by Crippen LogP contribution is 2.45. The largest absolute Gasteiger partial charge is 0.507 e. The number of aromatic hydroxyl groups is 1. The fourth-order valence-corrected chi connectivity index (χ4v) is 4.81. The summed E-state index contributed by atoms with van der Waals surface area (Å²) in [5, 5.41) is 18.9. The van der Waals surface area contributed by atoms with Crippen LogP contribution >= 0.6 is 0 Å². The Kier molecular flexibility index (Phi) is 4.69. The van der Waals surface area contributed by atoms with Gasteiger partial charge in [-0.25, -0.2) is 9.37 Å². The van der Waals surface area contributed by atoms with Crippen molar-refractivity contribution in [1.82, 2.24) is 24.6 Å². The van der Waals surface area contributed by atoms with Gasteiger partial charge >= 0.3 is 0 Å². The van der Waals surface area contributed by atoms with Gasteiger partial charge in [-0.05, 0) is 51.9 Å². The van der Waals surface area contributed by atoms with E-state index in [9.17, 15) is 5.11 Å². The molecule has 2 bridgehead atoms. The molecule has 1 aromatic carbocycles. The van der Waals surface area contributed by atoms with Crippen LogP contribution in [0.5, 0.6) is 11.6 Å². The molecule has 7 nitrogen and oxygen atoms in total. The summed E-state index contributed by atoms with van der Waals surface area (Å²) in [4.78, 5) is 6.31. The monoisotopic (exact) mass is 423 g/mol. The van der Waals surface area contributed by atoms with Gasteiger partial charge in [0.1, 0.15) is 11.9 Å².